The summed E-state index contributed by atoms with van der Waals surface area (Å²) in [6, 6.07) is 6.25. The van der Waals surface area contributed by atoms with E-state index in [1.807, 2.05) is 19.1 Å². The third-order valence-corrected chi connectivity index (χ3v) is 2.63. The zero-order chi connectivity index (χ0) is 12.0. The fourth-order valence-electron chi connectivity index (χ4n) is 1.72. The van der Waals surface area contributed by atoms with Gasteiger partial charge in [0.15, 0.2) is 0 Å². The molecule has 0 spiro atoms. The van der Waals surface area contributed by atoms with Crippen molar-refractivity contribution in [3.63, 3.8) is 0 Å². The van der Waals surface area contributed by atoms with E-state index in [0.717, 1.165) is 24.2 Å². The van der Waals surface area contributed by atoms with E-state index in [4.69, 9.17) is 10.6 Å². The Labute approximate surface area is 97.3 Å². The van der Waals surface area contributed by atoms with Crippen LogP contribution in [0.2, 0.25) is 0 Å². The number of rotatable bonds is 6. The Kier molecular flexibility index (Phi) is 5.02. The molecule has 1 aromatic rings. The minimum atomic E-state index is 0.105. The number of benzene rings is 1. The van der Waals surface area contributed by atoms with Gasteiger partial charge < -0.3 is 4.74 Å². The van der Waals surface area contributed by atoms with Gasteiger partial charge in [-0.05, 0) is 31.4 Å². The van der Waals surface area contributed by atoms with Gasteiger partial charge in [0.1, 0.15) is 5.75 Å². The van der Waals surface area contributed by atoms with E-state index < -0.39 is 0 Å². The lowest BCUT2D eigenvalue weighted by atomic mass is 10.00. The van der Waals surface area contributed by atoms with Crippen LogP contribution in [0.15, 0.2) is 30.9 Å². The van der Waals surface area contributed by atoms with Gasteiger partial charge in [-0.25, -0.2) is 0 Å². The Morgan fingerprint density at radius 1 is 1.56 bits per heavy atom. The molecule has 0 heterocycles. The van der Waals surface area contributed by atoms with Gasteiger partial charge >= 0.3 is 0 Å². The van der Waals surface area contributed by atoms with E-state index in [1.165, 1.54) is 5.56 Å². The minimum Gasteiger partial charge on any atom is -0.496 e. The fourth-order valence-corrected chi connectivity index (χ4v) is 1.72. The molecule has 0 aliphatic carbocycles. The van der Waals surface area contributed by atoms with Crippen molar-refractivity contribution < 1.29 is 4.74 Å². The monoisotopic (exact) mass is 220 g/mol. The Morgan fingerprint density at radius 3 is 2.88 bits per heavy atom. The highest BCUT2D eigenvalue weighted by Crippen LogP contribution is 2.28. The molecule has 3 N–H and O–H groups in total. The molecule has 1 unspecified atom stereocenters. The van der Waals surface area contributed by atoms with Crippen LogP contribution in [-0.2, 0) is 0 Å². The van der Waals surface area contributed by atoms with Crippen molar-refractivity contribution in [3.05, 3.63) is 42.0 Å². The van der Waals surface area contributed by atoms with Gasteiger partial charge in [-0.1, -0.05) is 18.2 Å². The van der Waals surface area contributed by atoms with Crippen LogP contribution in [0, 0.1) is 6.92 Å². The molecular weight excluding hydrogens is 200 g/mol. The van der Waals surface area contributed by atoms with Crippen LogP contribution in [0.5, 0.6) is 5.75 Å². The predicted molar refractivity (Wildman–Crippen MR) is 67.2 cm³/mol. The highest BCUT2D eigenvalue weighted by molar-refractivity contribution is 5.39. The number of aryl methyl sites for hydroxylation is 1. The van der Waals surface area contributed by atoms with Gasteiger partial charge in [0.2, 0.25) is 0 Å². The first-order valence-electron chi connectivity index (χ1n) is 5.44. The third-order valence-electron chi connectivity index (χ3n) is 2.63. The first-order valence-corrected chi connectivity index (χ1v) is 5.44. The zero-order valence-corrected chi connectivity index (χ0v) is 9.99. The highest BCUT2D eigenvalue weighted by Gasteiger charge is 2.13. The number of allylic oxidation sites excluding steroid dienone is 1. The summed E-state index contributed by atoms with van der Waals surface area (Å²) in [6.07, 6.45) is 3.73. The number of methoxy groups -OCH3 is 1. The summed E-state index contributed by atoms with van der Waals surface area (Å²) in [7, 11) is 1.68. The molecule has 16 heavy (non-hydrogen) atoms. The van der Waals surface area contributed by atoms with Crippen LogP contribution in [0.4, 0.5) is 0 Å². The van der Waals surface area contributed by atoms with Crippen LogP contribution < -0.4 is 16.0 Å². The average molecular weight is 220 g/mol. The van der Waals surface area contributed by atoms with Gasteiger partial charge in [-0.2, -0.15) is 0 Å². The number of hydrogen-bond donors (Lipinski definition) is 2. The van der Waals surface area contributed by atoms with E-state index in [2.05, 4.69) is 24.1 Å². The number of hydrazine groups is 1. The molecule has 1 atom stereocenters. The van der Waals surface area contributed by atoms with Crippen LogP contribution in [0.1, 0.15) is 30.0 Å². The fraction of sp³-hybridized carbons (Fsp3) is 0.385. The quantitative estimate of drug-likeness (QED) is 0.440. The first-order chi connectivity index (χ1) is 7.72. The number of ether oxygens (including phenoxy) is 1. The maximum absolute atomic E-state index is 5.57. The second kappa shape index (κ2) is 6.30. The van der Waals surface area contributed by atoms with Crippen LogP contribution in [-0.4, -0.2) is 7.11 Å². The predicted octanol–water partition coefficient (Wildman–Crippen LogP) is 2.47. The van der Waals surface area contributed by atoms with E-state index in [9.17, 15) is 0 Å². The molecule has 88 valence electrons. The lowest BCUT2D eigenvalue weighted by Gasteiger charge is -2.18. The smallest absolute Gasteiger partial charge is 0.123 e. The number of hydrogen-bond acceptors (Lipinski definition) is 3. The maximum atomic E-state index is 5.57. The Morgan fingerprint density at radius 2 is 2.31 bits per heavy atom. The van der Waals surface area contributed by atoms with Crippen molar-refractivity contribution >= 4 is 0 Å². The van der Waals surface area contributed by atoms with Gasteiger partial charge in [0, 0.05) is 11.6 Å². The molecule has 1 rings (SSSR count). The van der Waals surface area contributed by atoms with Crippen LogP contribution in [0.25, 0.3) is 0 Å². The average Bonchev–Trinajstić information content (AvgIpc) is 2.31. The Hall–Kier alpha value is -1.32. The van der Waals surface area contributed by atoms with Crippen LogP contribution >= 0.6 is 0 Å². The van der Waals surface area contributed by atoms with E-state index >= 15 is 0 Å². The molecule has 0 fully saturated rings. The standard InChI is InChI=1S/C13H20N2O/c1-4-5-6-12(15-14)11-8-7-10(2)9-13(11)16-3/h4,7-9,12,15H,1,5-6,14H2,2-3H3. The van der Waals surface area contributed by atoms with Gasteiger partial charge in [0.05, 0.1) is 7.11 Å². The summed E-state index contributed by atoms with van der Waals surface area (Å²) in [4.78, 5) is 0. The molecule has 0 aliphatic heterocycles. The zero-order valence-electron chi connectivity index (χ0n) is 9.99. The van der Waals surface area contributed by atoms with Crippen molar-refractivity contribution in [3.8, 4) is 5.75 Å². The molecule has 0 bridgehead atoms. The number of nitrogens with two attached hydrogens (primary N) is 1. The third kappa shape index (κ3) is 3.08. The van der Waals surface area contributed by atoms with Crippen molar-refractivity contribution in [2.45, 2.75) is 25.8 Å². The summed E-state index contributed by atoms with van der Waals surface area (Å²) in [5, 5.41) is 0. The first kappa shape index (κ1) is 12.7. The Balaban J connectivity index is 2.94. The van der Waals surface area contributed by atoms with E-state index in [-0.39, 0.29) is 6.04 Å². The Bertz CT molecular complexity index is 350. The second-order valence-electron chi connectivity index (χ2n) is 3.83. The molecule has 0 amide bonds. The molecule has 3 nitrogen and oxygen atoms in total. The molecule has 3 heteroatoms. The topological polar surface area (TPSA) is 47.3 Å². The van der Waals surface area contributed by atoms with Crippen molar-refractivity contribution in [1.82, 2.24) is 5.43 Å². The number of nitrogens with one attached hydrogen (secondary N) is 1. The second-order valence-corrected chi connectivity index (χ2v) is 3.83. The van der Waals surface area contributed by atoms with Crippen LogP contribution in [0.3, 0.4) is 0 Å². The van der Waals surface area contributed by atoms with Crippen molar-refractivity contribution in [1.29, 1.82) is 0 Å². The molecule has 0 radical (unpaired) electrons. The minimum absolute atomic E-state index is 0.105. The lowest BCUT2D eigenvalue weighted by Crippen LogP contribution is -2.28. The van der Waals surface area contributed by atoms with Crippen molar-refractivity contribution in [2.75, 3.05) is 7.11 Å². The molecule has 0 aliphatic rings. The molecule has 0 saturated heterocycles. The van der Waals surface area contributed by atoms with E-state index in [0.29, 0.717) is 0 Å². The molecule has 0 aromatic heterocycles. The summed E-state index contributed by atoms with van der Waals surface area (Å²) in [6.45, 7) is 5.76. The van der Waals surface area contributed by atoms with Gasteiger partial charge in [-0.15, -0.1) is 6.58 Å². The molecule has 0 saturated carbocycles. The van der Waals surface area contributed by atoms with E-state index in [1.54, 1.807) is 7.11 Å². The summed E-state index contributed by atoms with van der Waals surface area (Å²) >= 11 is 0. The normalized spacial score (nSPS) is 12.2. The highest BCUT2D eigenvalue weighted by atomic mass is 16.5. The SMILES string of the molecule is C=CCCC(NN)c1ccc(C)cc1OC. The molecule has 1 aromatic carbocycles. The largest absolute Gasteiger partial charge is 0.496 e. The van der Waals surface area contributed by atoms with Gasteiger partial charge in [-0.3, -0.25) is 11.3 Å². The summed E-state index contributed by atoms with van der Waals surface area (Å²) in [5.74, 6) is 6.45. The van der Waals surface area contributed by atoms with Crippen molar-refractivity contribution in [2.24, 2.45) is 5.84 Å². The summed E-state index contributed by atoms with van der Waals surface area (Å²) in [5.41, 5.74) is 5.10. The summed E-state index contributed by atoms with van der Waals surface area (Å²) < 4.78 is 5.37. The maximum Gasteiger partial charge on any atom is 0.123 e. The molecular formula is C13H20N2O. The van der Waals surface area contributed by atoms with Gasteiger partial charge in [0.25, 0.3) is 0 Å². The lowest BCUT2D eigenvalue weighted by molar-refractivity contribution is 0.396.